The van der Waals surface area contributed by atoms with E-state index in [1.165, 1.54) is 34.9 Å². The zero-order valence-electron chi connectivity index (χ0n) is 20.4. The Morgan fingerprint density at radius 1 is 1.18 bits per heavy atom. The summed E-state index contributed by atoms with van der Waals surface area (Å²) in [7, 11) is 0. The van der Waals surface area contributed by atoms with Crippen LogP contribution in [0.2, 0.25) is 0 Å². The molecule has 0 fully saturated rings. The third kappa shape index (κ3) is 6.55. The number of fused-ring (bicyclic) bond motifs is 3. The smallest absolute Gasteiger partial charge is 0.331 e. The molecule has 2 aliphatic rings. The summed E-state index contributed by atoms with van der Waals surface area (Å²) in [5, 5.41) is 4.01. The summed E-state index contributed by atoms with van der Waals surface area (Å²) in [5.41, 5.74) is 9.33. The van der Waals surface area contributed by atoms with E-state index in [4.69, 9.17) is 4.84 Å². The van der Waals surface area contributed by atoms with Crippen LogP contribution in [0, 0.1) is 6.92 Å². The van der Waals surface area contributed by atoms with Gasteiger partial charge in [0.25, 0.3) is 0 Å². The molecule has 1 aliphatic carbocycles. The van der Waals surface area contributed by atoms with Gasteiger partial charge in [-0.15, -0.1) is 0 Å². The van der Waals surface area contributed by atoms with Crippen molar-refractivity contribution in [2.75, 3.05) is 6.54 Å². The molecule has 172 valence electrons. The van der Waals surface area contributed by atoms with Crippen molar-refractivity contribution in [3.05, 3.63) is 106 Å². The predicted octanol–water partition coefficient (Wildman–Crippen LogP) is 6.73. The Morgan fingerprint density at radius 2 is 1.97 bits per heavy atom. The Balaban J connectivity index is 2.06. The van der Waals surface area contributed by atoms with Gasteiger partial charge in [-0.25, -0.2) is 4.79 Å². The van der Waals surface area contributed by atoms with Crippen molar-refractivity contribution in [3.63, 3.8) is 0 Å². The van der Waals surface area contributed by atoms with E-state index in [2.05, 4.69) is 78.7 Å². The topological polar surface area (TPSA) is 41.9 Å². The summed E-state index contributed by atoms with van der Waals surface area (Å²) < 4.78 is 0. The molecule has 0 radical (unpaired) electrons. The molecule has 33 heavy (non-hydrogen) atoms. The lowest BCUT2D eigenvalue weighted by Crippen LogP contribution is -2.15. The number of aryl methyl sites for hydroxylation is 1. The molecule has 0 atom stereocenters. The van der Waals surface area contributed by atoms with Crippen LogP contribution in [0.15, 0.2) is 100 Å². The maximum Gasteiger partial charge on any atom is 0.331 e. The summed E-state index contributed by atoms with van der Waals surface area (Å²) in [6.45, 7) is 10.4. The highest BCUT2D eigenvalue weighted by molar-refractivity contribution is 6.01. The monoisotopic (exact) mass is 442 g/mol. The van der Waals surface area contributed by atoms with Crippen molar-refractivity contribution in [1.82, 2.24) is 4.90 Å². The van der Waals surface area contributed by atoms with Crippen LogP contribution in [0.1, 0.15) is 51.7 Å². The van der Waals surface area contributed by atoms with Crippen molar-refractivity contribution in [3.8, 4) is 0 Å². The van der Waals surface area contributed by atoms with Gasteiger partial charge in [0, 0.05) is 25.4 Å². The molecule has 1 heterocycles. The molecule has 1 aliphatic heterocycles. The normalized spacial score (nSPS) is 21.8. The molecule has 2 bridgehead atoms. The number of carbonyl (C=O) groups excluding carboxylic acids is 1. The number of rotatable bonds is 7. The van der Waals surface area contributed by atoms with E-state index in [0.717, 1.165) is 37.0 Å². The first-order chi connectivity index (χ1) is 15.9. The minimum Gasteiger partial charge on any atom is -0.351 e. The largest absolute Gasteiger partial charge is 0.351 e. The van der Waals surface area contributed by atoms with Crippen molar-refractivity contribution in [2.45, 2.75) is 53.9 Å². The van der Waals surface area contributed by atoms with Gasteiger partial charge in [0.2, 0.25) is 0 Å². The quantitative estimate of drug-likeness (QED) is 0.203. The van der Waals surface area contributed by atoms with E-state index >= 15 is 0 Å². The number of hydrogen-bond donors (Lipinski definition) is 0. The maximum atomic E-state index is 11.2. The van der Waals surface area contributed by atoms with E-state index in [0.29, 0.717) is 5.71 Å². The molecule has 4 nitrogen and oxygen atoms in total. The van der Waals surface area contributed by atoms with Gasteiger partial charge in [-0.05, 0) is 92.5 Å². The Bertz CT molecular complexity index is 1110. The van der Waals surface area contributed by atoms with Crippen LogP contribution in [0.5, 0.6) is 0 Å². The van der Waals surface area contributed by atoms with Gasteiger partial charge < -0.3 is 9.74 Å². The summed E-state index contributed by atoms with van der Waals surface area (Å²) in [6, 6.07) is 8.58. The van der Waals surface area contributed by atoms with Crippen LogP contribution >= 0.6 is 0 Å². The molecule has 0 spiro atoms. The summed E-state index contributed by atoms with van der Waals surface area (Å²) in [4.78, 5) is 18.4. The first kappa shape index (κ1) is 24.2. The molecular weight excluding hydrogens is 408 g/mol. The van der Waals surface area contributed by atoms with E-state index in [9.17, 15) is 4.79 Å². The fraction of sp³-hybridized carbons (Fsp3) is 0.310. The Labute approximate surface area is 198 Å². The highest BCUT2D eigenvalue weighted by Crippen LogP contribution is 2.32. The van der Waals surface area contributed by atoms with Gasteiger partial charge in [0.15, 0.2) is 0 Å². The zero-order valence-corrected chi connectivity index (χ0v) is 20.4. The molecule has 0 amide bonds. The molecule has 1 aromatic carbocycles. The average Bonchev–Trinajstić information content (AvgIpc) is 2.90. The number of allylic oxidation sites excluding steroid dienone is 11. The number of benzene rings is 1. The number of nitrogens with zero attached hydrogens (tertiary/aromatic N) is 2. The standard InChI is InChI=1S/C29H34N2O2/c1-6-10-26(22(4)30-33-23(5)32)19-28-20-31(7-2)29-15-13-24(18-27(28)14-16-29)17-25-12-9-8-11-21(25)3/h6,8-13,15,18-20H,7,14,16-17H2,1-5H3/b10-6-,24-13-,26-19+,27-18+,29-15+,30-22+. The van der Waals surface area contributed by atoms with Crippen LogP contribution < -0.4 is 0 Å². The second-order valence-electron chi connectivity index (χ2n) is 8.40. The summed E-state index contributed by atoms with van der Waals surface area (Å²) in [6.07, 6.45) is 18.1. The summed E-state index contributed by atoms with van der Waals surface area (Å²) >= 11 is 0. The van der Waals surface area contributed by atoms with Gasteiger partial charge in [-0.2, -0.15) is 0 Å². The lowest BCUT2D eigenvalue weighted by Gasteiger charge is -2.20. The molecule has 0 aromatic heterocycles. The molecule has 0 N–H and O–H groups in total. The molecule has 0 saturated heterocycles. The van der Waals surface area contributed by atoms with Gasteiger partial charge in [0.05, 0.1) is 5.71 Å². The van der Waals surface area contributed by atoms with Crippen LogP contribution in [0.4, 0.5) is 0 Å². The number of oxime groups is 1. The summed E-state index contributed by atoms with van der Waals surface area (Å²) in [5.74, 6) is -0.424. The van der Waals surface area contributed by atoms with E-state index in [1.807, 2.05) is 26.0 Å². The fourth-order valence-corrected chi connectivity index (χ4v) is 4.06. The average molecular weight is 443 g/mol. The van der Waals surface area contributed by atoms with Crippen LogP contribution in [0.3, 0.4) is 0 Å². The van der Waals surface area contributed by atoms with Gasteiger partial charge in [-0.1, -0.05) is 53.7 Å². The highest BCUT2D eigenvalue weighted by Gasteiger charge is 2.18. The van der Waals surface area contributed by atoms with Crippen molar-refractivity contribution in [1.29, 1.82) is 0 Å². The van der Waals surface area contributed by atoms with Crippen molar-refractivity contribution in [2.24, 2.45) is 5.16 Å². The molecule has 1 aromatic rings. The Kier molecular flexibility index (Phi) is 8.42. The lowest BCUT2D eigenvalue weighted by atomic mass is 9.92. The molecule has 3 rings (SSSR count). The van der Waals surface area contributed by atoms with Crippen molar-refractivity contribution >= 4 is 11.7 Å². The minimum absolute atomic E-state index is 0.424. The predicted molar refractivity (Wildman–Crippen MR) is 137 cm³/mol. The fourth-order valence-electron chi connectivity index (χ4n) is 4.06. The van der Waals surface area contributed by atoms with Crippen LogP contribution in [0.25, 0.3) is 0 Å². The van der Waals surface area contributed by atoms with Crippen molar-refractivity contribution < 1.29 is 9.63 Å². The van der Waals surface area contributed by atoms with Crippen LogP contribution in [-0.4, -0.2) is 23.1 Å². The van der Waals surface area contributed by atoms with E-state index in [1.54, 1.807) is 0 Å². The second kappa shape index (κ2) is 11.5. The molecule has 0 saturated carbocycles. The molecule has 0 unspecified atom stereocenters. The van der Waals surface area contributed by atoms with Gasteiger partial charge >= 0.3 is 5.97 Å². The van der Waals surface area contributed by atoms with Crippen LogP contribution in [-0.2, 0) is 16.1 Å². The molecule has 4 heteroatoms. The number of hydrogen-bond acceptors (Lipinski definition) is 4. The third-order valence-electron chi connectivity index (χ3n) is 5.92. The van der Waals surface area contributed by atoms with E-state index < -0.39 is 5.97 Å². The SMILES string of the molecule is C\C=C/C(=C\C1=CN(CC)/C2=C/C=C(Cc3ccccc3C)\C=C\1CC2)C(/C)=N/OC(C)=O. The minimum atomic E-state index is -0.424. The zero-order chi connectivity index (χ0) is 23.8. The third-order valence-corrected chi connectivity index (χ3v) is 5.92. The maximum absolute atomic E-state index is 11.2. The van der Waals surface area contributed by atoms with E-state index in [-0.39, 0.29) is 0 Å². The first-order valence-corrected chi connectivity index (χ1v) is 11.6. The second-order valence-corrected chi connectivity index (χ2v) is 8.40. The lowest BCUT2D eigenvalue weighted by molar-refractivity contribution is -0.140. The number of carbonyl (C=O) groups is 1. The van der Waals surface area contributed by atoms with Gasteiger partial charge in [-0.3, -0.25) is 0 Å². The first-order valence-electron chi connectivity index (χ1n) is 11.6. The Hall–Kier alpha value is -3.40. The Morgan fingerprint density at radius 3 is 2.67 bits per heavy atom. The molecular formula is C29H34N2O2. The van der Waals surface area contributed by atoms with Gasteiger partial charge in [0.1, 0.15) is 0 Å². The highest BCUT2D eigenvalue weighted by atomic mass is 16.7.